The van der Waals surface area contributed by atoms with Crippen LogP contribution < -0.4 is 0 Å². The van der Waals surface area contributed by atoms with Crippen LogP contribution in [0.2, 0.25) is 0 Å². The average Bonchev–Trinajstić information content (AvgIpc) is 2.20. The molecule has 0 N–H and O–H groups in total. The van der Waals surface area contributed by atoms with Crippen LogP contribution in [0.3, 0.4) is 0 Å². The molecule has 80 valence electrons. The zero-order valence-electron chi connectivity index (χ0n) is 8.74. The van der Waals surface area contributed by atoms with Gasteiger partial charge in [0.25, 0.3) is 0 Å². The molecule has 1 aliphatic carbocycles. The Morgan fingerprint density at radius 1 is 1.53 bits per heavy atom. The molecule has 1 aromatic carbocycles. The summed E-state index contributed by atoms with van der Waals surface area (Å²) in [6.45, 7) is 0.624. The summed E-state index contributed by atoms with van der Waals surface area (Å²) in [5.74, 6) is 0.750. The van der Waals surface area contributed by atoms with Crippen molar-refractivity contribution >= 4 is 17.5 Å². The molecule has 1 aliphatic rings. The third kappa shape index (κ3) is 1.86. The van der Waals surface area contributed by atoms with Crippen molar-refractivity contribution in [2.45, 2.75) is 12.3 Å². The standard InChI is InChI=1S/C12H14ClNO/c1-14(7-6-13)12(15)11-8-9-4-2-3-5-10(9)11/h2-5,11H,6-8H2,1H3. The number of amides is 1. The second-order valence-electron chi connectivity index (χ2n) is 3.90. The maximum atomic E-state index is 11.9. The van der Waals surface area contributed by atoms with E-state index in [1.165, 1.54) is 11.1 Å². The summed E-state index contributed by atoms with van der Waals surface area (Å²) in [6.07, 6.45) is 0.877. The number of hydrogen-bond donors (Lipinski definition) is 0. The summed E-state index contributed by atoms with van der Waals surface area (Å²) in [4.78, 5) is 13.7. The van der Waals surface area contributed by atoms with E-state index in [0.717, 1.165) is 6.42 Å². The van der Waals surface area contributed by atoms with Crippen molar-refractivity contribution in [1.29, 1.82) is 0 Å². The Labute approximate surface area is 94.8 Å². The Bertz CT molecular complexity index is 378. The fraction of sp³-hybridized carbons (Fsp3) is 0.417. The smallest absolute Gasteiger partial charge is 0.230 e. The van der Waals surface area contributed by atoms with Crippen LogP contribution in [0.25, 0.3) is 0 Å². The summed E-state index contributed by atoms with van der Waals surface area (Å²) in [5.41, 5.74) is 2.49. The second kappa shape index (κ2) is 4.23. The van der Waals surface area contributed by atoms with Crippen LogP contribution in [0.15, 0.2) is 24.3 Å². The maximum Gasteiger partial charge on any atom is 0.230 e. The molecule has 1 amide bonds. The predicted molar refractivity (Wildman–Crippen MR) is 61.2 cm³/mol. The van der Waals surface area contributed by atoms with Crippen LogP contribution in [0, 0.1) is 0 Å². The molecule has 1 aromatic rings. The van der Waals surface area contributed by atoms with Gasteiger partial charge in [-0.25, -0.2) is 0 Å². The molecule has 1 unspecified atom stereocenters. The largest absolute Gasteiger partial charge is 0.344 e. The third-order valence-corrected chi connectivity index (χ3v) is 3.12. The van der Waals surface area contributed by atoms with Crippen LogP contribution >= 0.6 is 11.6 Å². The van der Waals surface area contributed by atoms with Gasteiger partial charge in [-0.05, 0) is 17.5 Å². The monoisotopic (exact) mass is 223 g/mol. The number of fused-ring (bicyclic) bond motifs is 1. The Hall–Kier alpha value is -1.02. The van der Waals surface area contributed by atoms with E-state index in [1.807, 2.05) is 25.2 Å². The van der Waals surface area contributed by atoms with E-state index >= 15 is 0 Å². The van der Waals surface area contributed by atoms with Gasteiger partial charge in [-0.15, -0.1) is 11.6 Å². The molecule has 0 heterocycles. The van der Waals surface area contributed by atoms with E-state index in [2.05, 4.69) is 6.07 Å². The highest BCUT2D eigenvalue weighted by atomic mass is 35.5. The number of alkyl halides is 1. The summed E-state index contributed by atoms with van der Waals surface area (Å²) < 4.78 is 0. The highest BCUT2D eigenvalue weighted by Gasteiger charge is 2.33. The number of rotatable bonds is 3. The predicted octanol–water partition coefficient (Wildman–Crippen LogP) is 2.02. The summed E-state index contributed by atoms with van der Waals surface area (Å²) in [7, 11) is 1.81. The summed E-state index contributed by atoms with van der Waals surface area (Å²) in [5, 5.41) is 0. The number of likely N-dealkylation sites (N-methyl/N-ethyl adjacent to an activating group) is 1. The zero-order chi connectivity index (χ0) is 10.8. The van der Waals surface area contributed by atoms with Crippen molar-refractivity contribution in [2.24, 2.45) is 0 Å². The van der Waals surface area contributed by atoms with Gasteiger partial charge in [0.1, 0.15) is 0 Å². The zero-order valence-corrected chi connectivity index (χ0v) is 9.50. The minimum atomic E-state index is 0.0643. The van der Waals surface area contributed by atoms with Gasteiger partial charge in [-0.3, -0.25) is 4.79 Å². The lowest BCUT2D eigenvalue weighted by Crippen LogP contribution is -2.37. The van der Waals surface area contributed by atoms with Gasteiger partial charge in [-0.2, -0.15) is 0 Å². The number of carbonyl (C=O) groups is 1. The number of benzene rings is 1. The quantitative estimate of drug-likeness (QED) is 0.718. The van der Waals surface area contributed by atoms with Gasteiger partial charge in [0.05, 0.1) is 5.92 Å². The van der Waals surface area contributed by atoms with Crippen LogP contribution in [0.5, 0.6) is 0 Å². The van der Waals surface area contributed by atoms with Crippen molar-refractivity contribution in [3.8, 4) is 0 Å². The Balaban J connectivity index is 2.07. The molecule has 0 bridgehead atoms. The van der Waals surface area contributed by atoms with Crippen LogP contribution in [-0.2, 0) is 11.2 Å². The third-order valence-electron chi connectivity index (χ3n) is 2.95. The molecule has 0 spiro atoms. The molecule has 0 saturated heterocycles. The lowest BCUT2D eigenvalue weighted by Gasteiger charge is -2.32. The van der Waals surface area contributed by atoms with E-state index in [1.54, 1.807) is 4.90 Å². The highest BCUT2D eigenvalue weighted by molar-refractivity contribution is 6.18. The average molecular weight is 224 g/mol. The van der Waals surface area contributed by atoms with Gasteiger partial charge in [0.2, 0.25) is 5.91 Å². The Kier molecular flexibility index (Phi) is 2.96. The molecule has 0 fully saturated rings. The van der Waals surface area contributed by atoms with E-state index in [9.17, 15) is 4.79 Å². The van der Waals surface area contributed by atoms with E-state index < -0.39 is 0 Å². The SMILES string of the molecule is CN(CCCl)C(=O)C1Cc2ccccc21. The first kappa shape index (κ1) is 10.5. The highest BCUT2D eigenvalue weighted by Crippen LogP contribution is 2.35. The molecule has 15 heavy (non-hydrogen) atoms. The van der Waals surface area contributed by atoms with Gasteiger partial charge < -0.3 is 4.90 Å². The van der Waals surface area contributed by atoms with Crippen molar-refractivity contribution < 1.29 is 4.79 Å². The normalized spacial score (nSPS) is 17.9. The number of carbonyl (C=O) groups excluding carboxylic acids is 1. The van der Waals surface area contributed by atoms with Crippen LogP contribution in [-0.4, -0.2) is 30.3 Å². The van der Waals surface area contributed by atoms with Crippen molar-refractivity contribution in [1.82, 2.24) is 4.90 Å². The van der Waals surface area contributed by atoms with Gasteiger partial charge in [-0.1, -0.05) is 24.3 Å². The van der Waals surface area contributed by atoms with Gasteiger partial charge in [0, 0.05) is 19.5 Å². The van der Waals surface area contributed by atoms with Gasteiger partial charge in [0.15, 0.2) is 0 Å². The topological polar surface area (TPSA) is 20.3 Å². The van der Waals surface area contributed by atoms with E-state index in [0.29, 0.717) is 12.4 Å². The molecule has 0 radical (unpaired) electrons. The molecule has 0 aromatic heterocycles. The number of hydrogen-bond acceptors (Lipinski definition) is 1. The maximum absolute atomic E-state index is 11.9. The minimum absolute atomic E-state index is 0.0643. The fourth-order valence-electron chi connectivity index (χ4n) is 1.98. The van der Waals surface area contributed by atoms with E-state index in [4.69, 9.17) is 11.6 Å². The van der Waals surface area contributed by atoms with Crippen molar-refractivity contribution in [3.05, 3.63) is 35.4 Å². The van der Waals surface area contributed by atoms with E-state index in [-0.39, 0.29) is 11.8 Å². The first-order valence-electron chi connectivity index (χ1n) is 5.12. The van der Waals surface area contributed by atoms with Crippen molar-refractivity contribution in [3.63, 3.8) is 0 Å². The second-order valence-corrected chi connectivity index (χ2v) is 4.28. The lowest BCUT2D eigenvalue weighted by atomic mass is 9.77. The molecule has 2 nitrogen and oxygen atoms in total. The Morgan fingerprint density at radius 3 is 2.93 bits per heavy atom. The first-order valence-corrected chi connectivity index (χ1v) is 5.66. The molecule has 2 rings (SSSR count). The summed E-state index contributed by atoms with van der Waals surface area (Å²) >= 11 is 5.61. The number of halogens is 1. The molecule has 0 aliphatic heterocycles. The molecule has 3 heteroatoms. The van der Waals surface area contributed by atoms with Crippen LogP contribution in [0.1, 0.15) is 17.0 Å². The lowest BCUT2D eigenvalue weighted by molar-refractivity contribution is -0.131. The summed E-state index contributed by atoms with van der Waals surface area (Å²) in [6, 6.07) is 8.12. The van der Waals surface area contributed by atoms with Crippen molar-refractivity contribution in [2.75, 3.05) is 19.5 Å². The Morgan fingerprint density at radius 2 is 2.27 bits per heavy atom. The number of nitrogens with zero attached hydrogens (tertiary/aromatic N) is 1. The van der Waals surface area contributed by atoms with Gasteiger partial charge >= 0.3 is 0 Å². The van der Waals surface area contributed by atoms with Crippen LogP contribution in [0.4, 0.5) is 0 Å². The first-order chi connectivity index (χ1) is 7.24. The fourth-order valence-corrected chi connectivity index (χ4v) is 2.24. The molecular weight excluding hydrogens is 210 g/mol. The molecule has 1 atom stereocenters. The minimum Gasteiger partial charge on any atom is -0.344 e. The molecular formula is C12H14ClNO. The molecule has 0 saturated carbocycles.